The molecule has 0 aromatic carbocycles. The van der Waals surface area contributed by atoms with Crippen molar-refractivity contribution in [3.8, 4) is 0 Å². The molecule has 1 atom stereocenters. The first-order chi connectivity index (χ1) is 5.72. The van der Waals surface area contributed by atoms with Gasteiger partial charge in [-0.2, -0.15) is 0 Å². The van der Waals surface area contributed by atoms with E-state index in [1.807, 2.05) is 11.8 Å². The highest BCUT2D eigenvalue weighted by Gasteiger charge is 2.18. The molecule has 0 fully saturated rings. The van der Waals surface area contributed by atoms with Gasteiger partial charge in [-0.15, -0.1) is 0 Å². The summed E-state index contributed by atoms with van der Waals surface area (Å²) in [5.41, 5.74) is 0. The van der Waals surface area contributed by atoms with E-state index >= 15 is 0 Å². The van der Waals surface area contributed by atoms with Crippen molar-refractivity contribution in [2.24, 2.45) is 4.99 Å². The molecule has 0 amide bonds. The summed E-state index contributed by atoms with van der Waals surface area (Å²) in [6.45, 7) is 7.54. The van der Waals surface area contributed by atoms with Crippen molar-refractivity contribution in [1.82, 2.24) is 5.32 Å². The Balaban J connectivity index is 2.23. The highest BCUT2D eigenvalue weighted by atomic mass is 32.2. The summed E-state index contributed by atoms with van der Waals surface area (Å²) in [5.74, 6) is 0. The number of thioether (sulfide) groups is 1. The van der Waals surface area contributed by atoms with E-state index in [4.69, 9.17) is 0 Å². The molecular weight excluding hydrogens is 168 g/mol. The van der Waals surface area contributed by atoms with Crippen LogP contribution in [0.2, 0.25) is 0 Å². The molecule has 1 N–H and O–H groups in total. The third-order valence-electron chi connectivity index (χ3n) is 1.74. The highest BCUT2D eigenvalue weighted by molar-refractivity contribution is 8.14. The third-order valence-corrected chi connectivity index (χ3v) is 2.93. The Morgan fingerprint density at radius 1 is 1.67 bits per heavy atom. The van der Waals surface area contributed by atoms with Crippen LogP contribution in [0.15, 0.2) is 4.99 Å². The number of hydrogen-bond donors (Lipinski definition) is 1. The number of amidine groups is 1. The minimum atomic E-state index is 0.511. The molecule has 0 radical (unpaired) electrons. The number of rotatable bonds is 3. The van der Waals surface area contributed by atoms with Crippen LogP contribution in [-0.4, -0.2) is 23.0 Å². The predicted molar refractivity (Wildman–Crippen MR) is 56.9 cm³/mol. The van der Waals surface area contributed by atoms with Crippen molar-refractivity contribution in [2.45, 2.75) is 44.9 Å². The monoisotopic (exact) mass is 186 g/mol. The molecule has 0 aliphatic carbocycles. The van der Waals surface area contributed by atoms with E-state index in [0.29, 0.717) is 6.04 Å². The molecule has 1 aliphatic rings. The smallest absolute Gasteiger partial charge is 0.157 e. The van der Waals surface area contributed by atoms with Gasteiger partial charge in [0.05, 0.1) is 6.54 Å². The van der Waals surface area contributed by atoms with Crippen LogP contribution in [0.1, 0.15) is 33.6 Å². The molecule has 0 saturated carbocycles. The van der Waals surface area contributed by atoms with E-state index in [1.165, 1.54) is 12.8 Å². The summed E-state index contributed by atoms with van der Waals surface area (Å²) >= 11 is 1.90. The average molecular weight is 186 g/mol. The van der Waals surface area contributed by atoms with Crippen LogP contribution < -0.4 is 5.32 Å². The van der Waals surface area contributed by atoms with E-state index in [-0.39, 0.29) is 0 Å². The van der Waals surface area contributed by atoms with Crippen LogP contribution in [-0.2, 0) is 0 Å². The summed E-state index contributed by atoms with van der Waals surface area (Å²) in [5, 5.41) is 5.22. The van der Waals surface area contributed by atoms with Gasteiger partial charge in [0.15, 0.2) is 5.17 Å². The summed E-state index contributed by atoms with van der Waals surface area (Å²) < 4.78 is 0. The molecule has 0 spiro atoms. The average Bonchev–Trinajstić information content (AvgIpc) is 2.36. The summed E-state index contributed by atoms with van der Waals surface area (Å²) in [7, 11) is 0. The zero-order valence-electron chi connectivity index (χ0n) is 8.13. The fourth-order valence-corrected chi connectivity index (χ4v) is 2.49. The second-order valence-corrected chi connectivity index (χ2v) is 4.76. The lowest BCUT2D eigenvalue weighted by molar-refractivity contribution is 0.734. The first-order valence-corrected chi connectivity index (χ1v) is 5.58. The molecule has 12 heavy (non-hydrogen) atoms. The van der Waals surface area contributed by atoms with E-state index in [9.17, 15) is 0 Å². The Bertz CT molecular complexity index is 166. The first-order valence-electron chi connectivity index (χ1n) is 4.70. The molecule has 0 saturated heterocycles. The molecule has 0 aromatic heterocycles. The van der Waals surface area contributed by atoms with Crippen molar-refractivity contribution in [1.29, 1.82) is 0 Å². The Hall–Kier alpha value is -0.180. The molecule has 1 rings (SSSR count). The van der Waals surface area contributed by atoms with Crippen LogP contribution in [0.3, 0.4) is 0 Å². The summed E-state index contributed by atoms with van der Waals surface area (Å²) in [6, 6.07) is 0.511. The molecule has 70 valence electrons. The second kappa shape index (κ2) is 4.75. The zero-order valence-corrected chi connectivity index (χ0v) is 8.95. The molecule has 1 aliphatic heterocycles. The van der Waals surface area contributed by atoms with Crippen LogP contribution in [0.25, 0.3) is 0 Å². The van der Waals surface area contributed by atoms with E-state index < -0.39 is 0 Å². The molecule has 3 heteroatoms. The maximum Gasteiger partial charge on any atom is 0.157 e. The van der Waals surface area contributed by atoms with Gasteiger partial charge in [-0.3, -0.25) is 4.99 Å². The maximum atomic E-state index is 4.44. The largest absolute Gasteiger partial charge is 0.363 e. The zero-order chi connectivity index (χ0) is 8.97. The number of nitrogens with zero attached hydrogens (tertiary/aromatic N) is 1. The number of hydrogen-bond acceptors (Lipinski definition) is 3. The summed E-state index contributed by atoms with van der Waals surface area (Å²) in [6.07, 6.45) is 2.56. The molecule has 1 heterocycles. The Morgan fingerprint density at radius 2 is 2.42 bits per heavy atom. The van der Waals surface area contributed by atoms with Gasteiger partial charge in [-0.05, 0) is 20.3 Å². The molecule has 2 nitrogen and oxygen atoms in total. The van der Waals surface area contributed by atoms with E-state index in [0.717, 1.165) is 17.0 Å². The maximum absolute atomic E-state index is 4.44. The third kappa shape index (κ3) is 3.05. The standard InChI is InChI=1S/C9H18N2S/c1-4-5-8-6-10-9(12-8)11-7(2)3/h7-8H,4-6H2,1-3H3,(H,10,11). The quantitative estimate of drug-likeness (QED) is 0.731. The SMILES string of the molecule is CCCC1CN=C(NC(C)C)S1. The first kappa shape index (κ1) is 9.90. The number of nitrogens with one attached hydrogen (secondary N) is 1. The highest BCUT2D eigenvalue weighted by Crippen LogP contribution is 2.23. The molecule has 0 aromatic rings. The van der Waals surface area contributed by atoms with E-state index in [2.05, 4.69) is 31.1 Å². The van der Waals surface area contributed by atoms with Crippen molar-refractivity contribution in [3.05, 3.63) is 0 Å². The van der Waals surface area contributed by atoms with Crippen molar-refractivity contribution in [3.63, 3.8) is 0 Å². The van der Waals surface area contributed by atoms with Gasteiger partial charge in [0.25, 0.3) is 0 Å². The van der Waals surface area contributed by atoms with Crippen LogP contribution in [0.4, 0.5) is 0 Å². The Morgan fingerprint density at radius 3 is 3.00 bits per heavy atom. The van der Waals surface area contributed by atoms with Crippen molar-refractivity contribution in [2.75, 3.05) is 6.54 Å². The van der Waals surface area contributed by atoms with E-state index in [1.54, 1.807) is 0 Å². The van der Waals surface area contributed by atoms with Crippen molar-refractivity contribution < 1.29 is 0 Å². The van der Waals surface area contributed by atoms with Gasteiger partial charge in [0.1, 0.15) is 0 Å². The predicted octanol–water partition coefficient (Wildman–Crippen LogP) is 2.26. The van der Waals surface area contributed by atoms with Crippen LogP contribution in [0, 0.1) is 0 Å². The van der Waals surface area contributed by atoms with Gasteiger partial charge < -0.3 is 5.32 Å². The van der Waals surface area contributed by atoms with Gasteiger partial charge in [-0.1, -0.05) is 25.1 Å². The summed E-state index contributed by atoms with van der Waals surface area (Å²) in [4.78, 5) is 4.44. The fourth-order valence-electron chi connectivity index (χ4n) is 1.22. The lowest BCUT2D eigenvalue weighted by Gasteiger charge is -2.09. The Labute approximate surface area is 79.2 Å². The number of aliphatic imine (C=N–C) groups is 1. The normalized spacial score (nSPS) is 23.0. The lowest BCUT2D eigenvalue weighted by atomic mass is 10.2. The molecule has 0 bridgehead atoms. The lowest BCUT2D eigenvalue weighted by Crippen LogP contribution is -2.27. The minimum Gasteiger partial charge on any atom is -0.363 e. The van der Waals surface area contributed by atoms with Gasteiger partial charge in [0, 0.05) is 11.3 Å². The van der Waals surface area contributed by atoms with Crippen LogP contribution in [0.5, 0.6) is 0 Å². The van der Waals surface area contributed by atoms with Gasteiger partial charge in [-0.25, -0.2) is 0 Å². The van der Waals surface area contributed by atoms with Crippen LogP contribution >= 0.6 is 11.8 Å². The molecular formula is C9H18N2S. The topological polar surface area (TPSA) is 24.4 Å². The van der Waals surface area contributed by atoms with Gasteiger partial charge >= 0.3 is 0 Å². The van der Waals surface area contributed by atoms with Gasteiger partial charge in [0.2, 0.25) is 0 Å². The fraction of sp³-hybridized carbons (Fsp3) is 0.889. The minimum absolute atomic E-state index is 0.511. The molecule has 1 unspecified atom stereocenters. The second-order valence-electron chi connectivity index (χ2n) is 3.47. The Kier molecular flexibility index (Phi) is 3.92. The van der Waals surface area contributed by atoms with Crippen molar-refractivity contribution >= 4 is 16.9 Å².